The summed E-state index contributed by atoms with van der Waals surface area (Å²) in [6.45, 7) is 0. The second kappa shape index (κ2) is 12.6. The molecular formula is C42H32N2. The molecule has 0 amide bonds. The lowest BCUT2D eigenvalue weighted by Gasteiger charge is -2.25. The predicted octanol–water partition coefficient (Wildman–Crippen LogP) is 12.0. The Hall–Kier alpha value is -5.86. The quantitative estimate of drug-likeness (QED) is 0.181. The Morgan fingerprint density at radius 1 is 0.182 bits per heavy atom. The molecule has 0 radical (unpaired) electrons. The first kappa shape index (κ1) is 27.0. The number of hydrogen-bond donors (Lipinski definition) is 0. The lowest BCUT2D eigenvalue weighted by Crippen LogP contribution is -2.09. The van der Waals surface area contributed by atoms with E-state index in [0.29, 0.717) is 0 Å². The summed E-state index contributed by atoms with van der Waals surface area (Å²) in [4.78, 5) is 4.57. The van der Waals surface area contributed by atoms with Crippen LogP contribution in [0, 0.1) is 0 Å². The van der Waals surface area contributed by atoms with Gasteiger partial charge in [-0.3, -0.25) is 0 Å². The summed E-state index contributed by atoms with van der Waals surface area (Å²) in [5.74, 6) is 0. The molecule has 0 aliphatic heterocycles. The fourth-order valence-corrected chi connectivity index (χ4v) is 5.66. The highest BCUT2D eigenvalue weighted by Gasteiger charge is 2.13. The van der Waals surface area contributed by atoms with Crippen molar-refractivity contribution >= 4 is 34.1 Å². The molecule has 7 rings (SSSR count). The molecule has 44 heavy (non-hydrogen) atoms. The number of anilines is 6. The van der Waals surface area contributed by atoms with Gasteiger partial charge in [-0.1, -0.05) is 121 Å². The van der Waals surface area contributed by atoms with Crippen LogP contribution < -0.4 is 9.80 Å². The van der Waals surface area contributed by atoms with Gasteiger partial charge in [0, 0.05) is 34.1 Å². The summed E-state index contributed by atoms with van der Waals surface area (Å²) in [6.07, 6.45) is 0. The van der Waals surface area contributed by atoms with Crippen molar-refractivity contribution < 1.29 is 0 Å². The van der Waals surface area contributed by atoms with Crippen LogP contribution >= 0.6 is 0 Å². The molecule has 2 nitrogen and oxygen atoms in total. The Morgan fingerprint density at radius 2 is 0.364 bits per heavy atom. The number of hydrogen-bond acceptors (Lipinski definition) is 2. The highest BCUT2D eigenvalue weighted by Crippen LogP contribution is 2.37. The molecule has 0 saturated carbocycles. The zero-order chi connectivity index (χ0) is 29.6. The summed E-state index contributed by atoms with van der Waals surface area (Å²) in [6, 6.07) is 68.5. The highest BCUT2D eigenvalue weighted by molar-refractivity contribution is 5.80. The summed E-state index contributed by atoms with van der Waals surface area (Å²) in [5.41, 5.74) is 11.6. The first-order valence-corrected chi connectivity index (χ1v) is 14.9. The molecule has 0 saturated heterocycles. The average molecular weight is 565 g/mol. The maximum atomic E-state index is 2.28. The minimum absolute atomic E-state index is 1.13. The fourth-order valence-electron chi connectivity index (χ4n) is 5.66. The molecule has 210 valence electrons. The zero-order valence-corrected chi connectivity index (χ0v) is 24.4. The van der Waals surface area contributed by atoms with Gasteiger partial charge >= 0.3 is 0 Å². The molecule has 0 heterocycles. The maximum absolute atomic E-state index is 2.28. The van der Waals surface area contributed by atoms with Crippen molar-refractivity contribution in [1.82, 2.24) is 0 Å². The van der Waals surface area contributed by atoms with Gasteiger partial charge in [0.25, 0.3) is 0 Å². The van der Waals surface area contributed by atoms with E-state index in [0.717, 1.165) is 34.1 Å². The van der Waals surface area contributed by atoms with Gasteiger partial charge in [0.05, 0.1) is 0 Å². The molecule has 0 bridgehead atoms. The normalized spacial score (nSPS) is 10.7. The third kappa shape index (κ3) is 5.74. The van der Waals surface area contributed by atoms with Crippen molar-refractivity contribution in [2.45, 2.75) is 0 Å². The zero-order valence-electron chi connectivity index (χ0n) is 24.4. The van der Waals surface area contributed by atoms with Crippen LogP contribution in [0.5, 0.6) is 0 Å². The summed E-state index contributed by atoms with van der Waals surface area (Å²) in [7, 11) is 0. The van der Waals surface area contributed by atoms with Gasteiger partial charge in [-0.05, 0) is 95.1 Å². The topological polar surface area (TPSA) is 6.48 Å². The van der Waals surface area contributed by atoms with Crippen LogP contribution in [0.4, 0.5) is 34.1 Å². The molecule has 7 aromatic rings. The Balaban J connectivity index is 1.12. The van der Waals surface area contributed by atoms with Gasteiger partial charge in [-0.25, -0.2) is 0 Å². The van der Waals surface area contributed by atoms with Crippen LogP contribution in [0.3, 0.4) is 0 Å². The van der Waals surface area contributed by atoms with E-state index in [1.54, 1.807) is 0 Å². The molecule has 0 N–H and O–H groups in total. The third-order valence-corrected chi connectivity index (χ3v) is 7.86. The molecule has 0 atom stereocenters. The Kier molecular flexibility index (Phi) is 7.71. The Bertz CT molecular complexity index is 1680. The second-order valence-corrected chi connectivity index (χ2v) is 10.7. The van der Waals surface area contributed by atoms with E-state index in [1.807, 2.05) is 0 Å². The molecule has 0 aromatic heterocycles. The molecule has 0 aliphatic carbocycles. The van der Waals surface area contributed by atoms with Crippen LogP contribution in [-0.4, -0.2) is 0 Å². The lowest BCUT2D eigenvalue weighted by molar-refractivity contribution is 1.28. The second-order valence-electron chi connectivity index (χ2n) is 10.7. The van der Waals surface area contributed by atoms with Crippen molar-refractivity contribution in [3.63, 3.8) is 0 Å². The van der Waals surface area contributed by atoms with E-state index in [1.165, 1.54) is 22.3 Å². The molecular weight excluding hydrogens is 532 g/mol. The van der Waals surface area contributed by atoms with Crippen LogP contribution in [-0.2, 0) is 0 Å². The predicted molar refractivity (Wildman–Crippen MR) is 187 cm³/mol. The van der Waals surface area contributed by atoms with Crippen molar-refractivity contribution in [2.24, 2.45) is 0 Å². The van der Waals surface area contributed by atoms with Crippen molar-refractivity contribution in [1.29, 1.82) is 0 Å². The van der Waals surface area contributed by atoms with Gasteiger partial charge in [0.15, 0.2) is 0 Å². The van der Waals surface area contributed by atoms with Crippen LogP contribution in [0.25, 0.3) is 22.3 Å². The van der Waals surface area contributed by atoms with Crippen molar-refractivity contribution in [3.05, 3.63) is 194 Å². The summed E-state index contributed by atoms with van der Waals surface area (Å²) >= 11 is 0. The van der Waals surface area contributed by atoms with Crippen molar-refractivity contribution in [3.8, 4) is 22.3 Å². The molecule has 0 unspecified atom stereocenters. The van der Waals surface area contributed by atoms with Gasteiger partial charge in [-0.15, -0.1) is 0 Å². The van der Waals surface area contributed by atoms with Crippen LogP contribution in [0.2, 0.25) is 0 Å². The van der Waals surface area contributed by atoms with E-state index in [-0.39, 0.29) is 0 Å². The fraction of sp³-hybridized carbons (Fsp3) is 0. The number of benzene rings is 7. The average Bonchev–Trinajstić information content (AvgIpc) is 3.11. The van der Waals surface area contributed by atoms with E-state index >= 15 is 0 Å². The monoisotopic (exact) mass is 564 g/mol. The molecule has 7 aromatic carbocycles. The minimum Gasteiger partial charge on any atom is -0.311 e. The molecule has 2 heteroatoms. The van der Waals surface area contributed by atoms with E-state index in [2.05, 4.69) is 204 Å². The SMILES string of the molecule is c1ccc(N(c2ccccc2)c2ccc(-c3ccc(-c4ccc(N(c5ccccc5)c5ccccc5)cc4)cc3)cc2)cc1. The number of nitrogens with zero attached hydrogens (tertiary/aromatic N) is 2. The first-order chi connectivity index (χ1) is 21.8. The molecule has 0 spiro atoms. The van der Waals surface area contributed by atoms with Crippen LogP contribution in [0.15, 0.2) is 194 Å². The van der Waals surface area contributed by atoms with Gasteiger partial charge in [0.2, 0.25) is 0 Å². The maximum Gasteiger partial charge on any atom is 0.0462 e. The van der Waals surface area contributed by atoms with Gasteiger partial charge in [-0.2, -0.15) is 0 Å². The smallest absolute Gasteiger partial charge is 0.0462 e. The third-order valence-electron chi connectivity index (χ3n) is 7.86. The highest BCUT2D eigenvalue weighted by atomic mass is 15.1. The van der Waals surface area contributed by atoms with Gasteiger partial charge in [0.1, 0.15) is 0 Å². The molecule has 0 aliphatic rings. The Labute approximate surface area is 259 Å². The number of rotatable bonds is 8. The number of para-hydroxylation sites is 4. The van der Waals surface area contributed by atoms with Crippen molar-refractivity contribution in [2.75, 3.05) is 9.80 Å². The van der Waals surface area contributed by atoms with Crippen LogP contribution in [0.1, 0.15) is 0 Å². The Morgan fingerprint density at radius 3 is 0.591 bits per heavy atom. The van der Waals surface area contributed by atoms with Gasteiger partial charge < -0.3 is 9.80 Å². The van der Waals surface area contributed by atoms with E-state index in [4.69, 9.17) is 0 Å². The molecule has 0 fully saturated rings. The largest absolute Gasteiger partial charge is 0.311 e. The summed E-state index contributed by atoms with van der Waals surface area (Å²) < 4.78 is 0. The first-order valence-electron chi connectivity index (χ1n) is 14.9. The summed E-state index contributed by atoms with van der Waals surface area (Å²) in [5, 5.41) is 0. The minimum atomic E-state index is 1.13. The standard InChI is InChI=1S/C42H32N2/c1-5-13-37(14-6-1)43(38-15-7-2-8-16-38)41-29-25-35(26-30-41)33-21-23-34(24-22-33)36-27-31-42(32-28-36)44(39-17-9-3-10-18-39)40-19-11-4-12-20-40/h1-32H. The van der Waals surface area contributed by atoms with E-state index < -0.39 is 0 Å². The van der Waals surface area contributed by atoms with E-state index in [9.17, 15) is 0 Å². The lowest BCUT2D eigenvalue weighted by atomic mass is 9.99.